The first kappa shape index (κ1) is 18.5. The Morgan fingerprint density at radius 1 is 1.15 bits per heavy atom. The first-order chi connectivity index (χ1) is 12.3. The molecule has 136 valence electrons. The molecule has 0 saturated carbocycles. The molecule has 0 aliphatic carbocycles. The second kappa shape index (κ2) is 7.53. The normalized spacial score (nSPS) is 11.8. The van der Waals surface area contributed by atoms with Crippen LogP contribution in [0, 0.1) is 5.82 Å². The van der Waals surface area contributed by atoms with E-state index in [9.17, 15) is 12.8 Å². The van der Waals surface area contributed by atoms with Crippen LogP contribution in [0.3, 0.4) is 0 Å². The lowest BCUT2D eigenvalue weighted by atomic mass is 10.2. The van der Waals surface area contributed by atoms with Crippen molar-refractivity contribution in [1.82, 2.24) is 14.4 Å². The molecule has 1 heterocycles. The molecule has 0 atom stereocenters. The van der Waals surface area contributed by atoms with Crippen molar-refractivity contribution in [3.63, 3.8) is 0 Å². The van der Waals surface area contributed by atoms with Gasteiger partial charge in [0.2, 0.25) is 21.7 Å². The number of nitrogens with zero attached hydrogens (tertiary/aromatic N) is 3. The number of rotatable bonds is 6. The minimum Gasteiger partial charge on any atom is -0.338 e. The van der Waals surface area contributed by atoms with Gasteiger partial charge < -0.3 is 4.52 Å². The number of halogens is 2. The van der Waals surface area contributed by atoms with Gasteiger partial charge in [0.05, 0.1) is 17.3 Å². The fourth-order valence-corrected chi connectivity index (χ4v) is 3.62. The highest BCUT2D eigenvalue weighted by atomic mass is 35.5. The fraction of sp³-hybridized carbons (Fsp3) is 0.176. The Labute approximate surface area is 155 Å². The summed E-state index contributed by atoms with van der Waals surface area (Å²) in [5.74, 6) is -0.243. The van der Waals surface area contributed by atoms with Crippen molar-refractivity contribution < 1.29 is 17.3 Å². The summed E-state index contributed by atoms with van der Waals surface area (Å²) in [6.07, 6.45) is 0. The molecule has 3 aromatic rings. The second-order valence-electron chi connectivity index (χ2n) is 5.63. The van der Waals surface area contributed by atoms with E-state index >= 15 is 0 Å². The Morgan fingerprint density at radius 2 is 1.85 bits per heavy atom. The van der Waals surface area contributed by atoms with Crippen molar-refractivity contribution in [2.75, 3.05) is 7.05 Å². The average Bonchev–Trinajstić information content (AvgIpc) is 3.05. The highest BCUT2D eigenvalue weighted by Crippen LogP contribution is 2.25. The van der Waals surface area contributed by atoms with E-state index in [4.69, 9.17) is 16.1 Å². The van der Waals surface area contributed by atoms with E-state index in [2.05, 4.69) is 10.1 Å². The number of hydrogen-bond donors (Lipinski definition) is 0. The highest BCUT2D eigenvalue weighted by molar-refractivity contribution is 7.88. The Bertz CT molecular complexity index is 1010. The molecule has 0 N–H and O–H groups in total. The van der Waals surface area contributed by atoms with Gasteiger partial charge in [-0.3, -0.25) is 0 Å². The summed E-state index contributed by atoms with van der Waals surface area (Å²) in [6, 6.07) is 12.3. The maximum Gasteiger partial charge on any atom is 0.242 e. The Kier molecular flexibility index (Phi) is 5.36. The third-order valence-corrected chi connectivity index (χ3v) is 5.78. The molecule has 26 heavy (non-hydrogen) atoms. The molecule has 6 nitrogen and oxygen atoms in total. The largest absolute Gasteiger partial charge is 0.338 e. The SMILES string of the molecule is CN(Cc1nc(-c2ccccc2Cl)no1)S(=O)(=O)Cc1ccc(F)cc1. The smallest absolute Gasteiger partial charge is 0.242 e. The zero-order valence-electron chi connectivity index (χ0n) is 13.8. The van der Waals surface area contributed by atoms with E-state index in [-0.39, 0.29) is 24.0 Å². The standard InChI is InChI=1S/C17H15ClFN3O3S/c1-22(26(23,24)11-12-6-8-13(19)9-7-12)10-16-20-17(21-25-16)14-4-2-3-5-15(14)18/h2-9H,10-11H2,1H3. The Hall–Kier alpha value is -2.29. The molecule has 2 aromatic carbocycles. The molecule has 0 amide bonds. The molecule has 0 aliphatic heterocycles. The van der Waals surface area contributed by atoms with Crippen LogP contribution >= 0.6 is 11.6 Å². The second-order valence-corrected chi connectivity index (χ2v) is 8.11. The van der Waals surface area contributed by atoms with Crippen LogP contribution in [0.5, 0.6) is 0 Å². The van der Waals surface area contributed by atoms with Crippen LogP contribution in [0.25, 0.3) is 11.4 Å². The monoisotopic (exact) mass is 395 g/mol. The zero-order valence-corrected chi connectivity index (χ0v) is 15.3. The lowest BCUT2D eigenvalue weighted by molar-refractivity contribution is 0.336. The van der Waals surface area contributed by atoms with Gasteiger partial charge >= 0.3 is 0 Å². The van der Waals surface area contributed by atoms with Crippen LogP contribution < -0.4 is 0 Å². The third kappa shape index (κ3) is 4.27. The van der Waals surface area contributed by atoms with Gasteiger partial charge in [-0.25, -0.2) is 12.8 Å². The van der Waals surface area contributed by atoms with E-state index in [0.29, 0.717) is 16.1 Å². The van der Waals surface area contributed by atoms with Crippen LogP contribution in [0.2, 0.25) is 5.02 Å². The first-order valence-corrected chi connectivity index (χ1v) is 9.60. The van der Waals surface area contributed by atoms with E-state index in [1.165, 1.54) is 31.3 Å². The molecule has 0 aliphatic rings. The summed E-state index contributed by atoms with van der Waals surface area (Å²) in [5.41, 5.74) is 1.08. The van der Waals surface area contributed by atoms with Crippen molar-refractivity contribution in [2.24, 2.45) is 0 Å². The van der Waals surface area contributed by atoms with Gasteiger partial charge in [0.25, 0.3) is 0 Å². The summed E-state index contributed by atoms with van der Waals surface area (Å²) in [4.78, 5) is 4.20. The number of hydrogen-bond acceptors (Lipinski definition) is 5. The molecule has 0 fully saturated rings. The van der Waals surface area contributed by atoms with E-state index < -0.39 is 15.8 Å². The van der Waals surface area contributed by atoms with Crippen molar-refractivity contribution in [2.45, 2.75) is 12.3 Å². The number of benzene rings is 2. The molecule has 0 unspecified atom stereocenters. The third-order valence-electron chi connectivity index (χ3n) is 3.68. The lowest BCUT2D eigenvalue weighted by Gasteiger charge is -2.15. The Morgan fingerprint density at radius 3 is 2.54 bits per heavy atom. The zero-order chi connectivity index (χ0) is 18.7. The van der Waals surface area contributed by atoms with Crippen molar-refractivity contribution in [3.05, 3.63) is 70.8 Å². The predicted molar refractivity (Wildman–Crippen MR) is 95.2 cm³/mol. The topological polar surface area (TPSA) is 76.3 Å². The van der Waals surface area contributed by atoms with Gasteiger partial charge in [-0.1, -0.05) is 41.0 Å². The van der Waals surface area contributed by atoms with E-state index in [1.807, 2.05) is 0 Å². The van der Waals surface area contributed by atoms with E-state index in [0.717, 1.165) is 4.31 Å². The first-order valence-electron chi connectivity index (χ1n) is 7.61. The van der Waals surface area contributed by atoms with Crippen LogP contribution in [0.1, 0.15) is 11.5 Å². The van der Waals surface area contributed by atoms with Crippen molar-refractivity contribution >= 4 is 21.6 Å². The minimum absolute atomic E-state index is 0.0824. The van der Waals surface area contributed by atoms with Gasteiger partial charge in [-0.2, -0.15) is 9.29 Å². The summed E-state index contributed by atoms with van der Waals surface area (Å²) >= 11 is 6.09. The molecule has 0 bridgehead atoms. The quantitative estimate of drug-likeness (QED) is 0.638. The molecule has 3 rings (SSSR count). The van der Waals surface area contributed by atoms with E-state index in [1.54, 1.807) is 24.3 Å². The van der Waals surface area contributed by atoms with Gasteiger partial charge in [-0.15, -0.1) is 0 Å². The lowest BCUT2D eigenvalue weighted by Crippen LogP contribution is -2.27. The molecule has 0 saturated heterocycles. The molecular formula is C17H15ClFN3O3S. The summed E-state index contributed by atoms with van der Waals surface area (Å²) in [5, 5.41) is 4.31. The average molecular weight is 396 g/mol. The number of aromatic nitrogens is 2. The van der Waals surface area contributed by atoms with Gasteiger partial charge in [0.15, 0.2) is 0 Å². The maximum absolute atomic E-state index is 12.9. The van der Waals surface area contributed by atoms with Gasteiger partial charge in [0, 0.05) is 12.6 Å². The molecule has 1 aromatic heterocycles. The summed E-state index contributed by atoms with van der Waals surface area (Å²) in [6.45, 7) is -0.0824. The van der Waals surface area contributed by atoms with Crippen LogP contribution in [0.15, 0.2) is 53.1 Å². The predicted octanol–water partition coefficient (Wildman–Crippen LogP) is 3.49. The summed E-state index contributed by atoms with van der Waals surface area (Å²) in [7, 11) is -2.22. The van der Waals surface area contributed by atoms with Crippen molar-refractivity contribution in [1.29, 1.82) is 0 Å². The van der Waals surface area contributed by atoms with Gasteiger partial charge in [0.1, 0.15) is 5.82 Å². The van der Waals surface area contributed by atoms with Gasteiger partial charge in [-0.05, 0) is 29.8 Å². The molecule has 0 radical (unpaired) electrons. The van der Waals surface area contributed by atoms with Crippen LogP contribution in [-0.2, 0) is 22.3 Å². The maximum atomic E-state index is 12.9. The summed E-state index contributed by atoms with van der Waals surface area (Å²) < 4.78 is 44.1. The number of sulfonamides is 1. The molecular weight excluding hydrogens is 381 g/mol. The molecule has 0 spiro atoms. The van der Waals surface area contributed by atoms with Crippen molar-refractivity contribution in [3.8, 4) is 11.4 Å². The minimum atomic E-state index is -3.63. The highest BCUT2D eigenvalue weighted by Gasteiger charge is 2.22. The van der Waals surface area contributed by atoms with Crippen LogP contribution in [0.4, 0.5) is 4.39 Å². The fourth-order valence-electron chi connectivity index (χ4n) is 2.26. The van der Waals surface area contributed by atoms with Crippen LogP contribution in [-0.4, -0.2) is 29.9 Å². The Balaban J connectivity index is 1.72. The molecule has 9 heteroatoms.